The number of amides is 3. The molecule has 3 atom stereocenters. The predicted molar refractivity (Wildman–Crippen MR) is 163 cm³/mol. The molecule has 13 heteroatoms. The van der Waals surface area contributed by atoms with Crippen molar-refractivity contribution in [2.24, 2.45) is 5.92 Å². The highest BCUT2D eigenvalue weighted by Crippen LogP contribution is 2.53. The summed E-state index contributed by atoms with van der Waals surface area (Å²) in [5.41, 5.74) is 1.83. The average molecular weight is 635 g/mol. The molecule has 2 unspecified atom stereocenters. The van der Waals surface area contributed by atoms with Crippen LogP contribution in [0.3, 0.4) is 0 Å². The van der Waals surface area contributed by atoms with Gasteiger partial charge in [-0.15, -0.1) is 0 Å². The third-order valence-electron chi connectivity index (χ3n) is 7.16. The second-order valence-electron chi connectivity index (χ2n) is 9.79. The number of nitrogens with one attached hydrogen (secondary N) is 1. The molecule has 0 radical (unpaired) electrons. The van der Waals surface area contributed by atoms with Crippen LogP contribution in [0.4, 0.5) is 11.4 Å². The molecule has 6 rings (SSSR count). The van der Waals surface area contributed by atoms with Gasteiger partial charge in [0, 0.05) is 33.9 Å². The van der Waals surface area contributed by atoms with Gasteiger partial charge in [-0.25, -0.2) is 9.69 Å². The molecule has 43 heavy (non-hydrogen) atoms. The second kappa shape index (κ2) is 11.8. The number of thiazole rings is 1. The number of thioether (sulfide) groups is 1. The predicted octanol–water partition coefficient (Wildman–Crippen LogP) is 4.57. The molecule has 4 aromatic rings. The van der Waals surface area contributed by atoms with E-state index in [0.717, 1.165) is 28.0 Å². The molecule has 4 heterocycles. The second-order valence-corrected chi connectivity index (χ2v) is 12.3. The lowest BCUT2D eigenvalue weighted by molar-refractivity contribution is -0.122. The Morgan fingerprint density at radius 3 is 2.44 bits per heavy atom. The first-order valence-electron chi connectivity index (χ1n) is 13.3. The molecule has 218 valence electrons. The molecular weight excluding hydrogens is 612 g/mol. The fourth-order valence-electron chi connectivity index (χ4n) is 5.27. The Kier molecular flexibility index (Phi) is 7.91. The normalized spacial score (nSPS) is 19.1. The molecule has 0 spiro atoms. The largest absolute Gasteiger partial charge is 0.462 e. The first-order chi connectivity index (χ1) is 20.8. The van der Waals surface area contributed by atoms with Crippen LogP contribution in [0.15, 0.2) is 82.9 Å². The Bertz CT molecular complexity index is 1790. The third kappa shape index (κ3) is 5.37. The van der Waals surface area contributed by atoms with Gasteiger partial charge in [-0.05, 0) is 67.1 Å². The summed E-state index contributed by atoms with van der Waals surface area (Å²) in [6.07, 6.45) is 3.23. The zero-order chi connectivity index (χ0) is 30.2. The minimum atomic E-state index is -0.852. The minimum Gasteiger partial charge on any atom is -0.462 e. The van der Waals surface area contributed by atoms with Crippen LogP contribution < -0.4 is 15.1 Å². The first-order valence-corrected chi connectivity index (χ1v) is 15.3. The highest BCUT2D eigenvalue weighted by atomic mass is 35.5. The van der Waals surface area contributed by atoms with Crippen molar-refractivity contribution >= 4 is 69.8 Å². The van der Waals surface area contributed by atoms with Gasteiger partial charge < -0.3 is 10.1 Å². The number of ether oxygens (including phenoxy) is 1. The fraction of sp³-hybridized carbons (Fsp3) is 0.200. The molecule has 1 fully saturated rings. The van der Waals surface area contributed by atoms with Crippen molar-refractivity contribution in [3.63, 3.8) is 0 Å². The number of hydrogen-bond acceptors (Lipinski definition) is 9. The van der Waals surface area contributed by atoms with Crippen LogP contribution in [-0.4, -0.2) is 45.1 Å². The lowest BCUT2D eigenvalue weighted by Gasteiger charge is -2.30. The maximum atomic E-state index is 14.0. The summed E-state index contributed by atoms with van der Waals surface area (Å²) in [5.74, 6) is -3.24. The average Bonchev–Trinajstić information content (AvgIpc) is 3.45. The number of esters is 1. The van der Waals surface area contributed by atoms with Gasteiger partial charge in [-0.3, -0.25) is 28.7 Å². The standard InChI is InChI=1S/C30H23ClN4O6S2/c1-2-41-29(39)16-5-11-20(12-6-16)35-26(37)23-22(17-4-3-13-32-14-17)25-28(42-24(23)27(35)38)34(30(40)43-25)15-21(36)33-19-9-7-18(31)8-10-19/h3-14,22-24H,2,15H2,1H3,(H,33,36)/t22-,23?,24?/m1/s1. The summed E-state index contributed by atoms with van der Waals surface area (Å²) < 4.78 is 6.38. The SMILES string of the molecule is CCOC(=O)c1ccc(N2C(=O)C3Sc4c(sc(=O)n4CC(=O)Nc4ccc(Cl)cc4)[C@H](c4cccnc4)C3C2=O)cc1. The summed E-state index contributed by atoms with van der Waals surface area (Å²) in [4.78, 5) is 71.8. The number of anilines is 2. The van der Waals surface area contributed by atoms with Crippen LogP contribution in [-0.2, 0) is 25.7 Å². The summed E-state index contributed by atoms with van der Waals surface area (Å²) in [7, 11) is 0. The number of benzene rings is 2. The van der Waals surface area contributed by atoms with Gasteiger partial charge in [-0.2, -0.15) is 0 Å². The van der Waals surface area contributed by atoms with E-state index in [1.807, 2.05) is 6.07 Å². The van der Waals surface area contributed by atoms with E-state index in [9.17, 15) is 24.0 Å². The first kappa shape index (κ1) is 28.8. The van der Waals surface area contributed by atoms with Gasteiger partial charge in [0.25, 0.3) is 0 Å². The van der Waals surface area contributed by atoms with E-state index in [1.54, 1.807) is 49.6 Å². The zero-order valence-corrected chi connectivity index (χ0v) is 24.9. The molecule has 2 aromatic carbocycles. The fourth-order valence-corrected chi connectivity index (χ4v) is 8.17. The van der Waals surface area contributed by atoms with Crippen molar-refractivity contribution in [2.75, 3.05) is 16.8 Å². The number of hydrogen-bond donors (Lipinski definition) is 1. The molecule has 10 nitrogen and oxygen atoms in total. The highest BCUT2D eigenvalue weighted by Gasteiger charge is 2.56. The number of carbonyl (C=O) groups is 4. The van der Waals surface area contributed by atoms with Crippen molar-refractivity contribution in [1.82, 2.24) is 9.55 Å². The van der Waals surface area contributed by atoms with Gasteiger partial charge in [0.05, 0.1) is 28.8 Å². The quantitative estimate of drug-likeness (QED) is 0.231. The van der Waals surface area contributed by atoms with Crippen molar-refractivity contribution < 1.29 is 23.9 Å². The summed E-state index contributed by atoms with van der Waals surface area (Å²) in [6, 6.07) is 16.2. The van der Waals surface area contributed by atoms with E-state index < -0.39 is 40.8 Å². The van der Waals surface area contributed by atoms with E-state index in [0.29, 0.717) is 37.4 Å². The number of aromatic nitrogens is 2. The van der Waals surface area contributed by atoms with E-state index >= 15 is 0 Å². The van der Waals surface area contributed by atoms with Crippen LogP contribution in [0.1, 0.15) is 33.6 Å². The lowest BCUT2D eigenvalue weighted by atomic mass is 9.84. The number of fused-ring (bicyclic) bond motifs is 2. The van der Waals surface area contributed by atoms with Crippen LogP contribution in [0.25, 0.3) is 0 Å². The molecule has 0 saturated carbocycles. The Morgan fingerprint density at radius 2 is 1.77 bits per heavy atom. The van der Waals surface area contributed by atoms with Crippen LogP contribution >= 0.6 is 34.7 Å². The number of imide groups is 1. The van der Waals surface area contributed by atoms with Gasteiger partial charge >= 0.3 is 10.8 Å². The molecule has 0 aliphatic carbocycles. The van der Waals surface area contributed by atoms with Crippen molar-refractivity contribution in [3.8, 4) is 0 Å². The van der Waals surface area contributed by atoms with Gasteiger partial charge in [0.15, 0.2) is 0 Å². The topological polar surface area (TPSA) is 128 Å². The van der Waals surface area contributed by atoms with Crippen LogP contribution in [0.2, 0.25) is 5.02 Å². The van der Waals surface area contributed by atoms with Crippen molar-refractivity contribution in [3.05, 3.63) is 104 Å². The summed E-state index contributed by atoms with van der Waals surface area (Å²) >= 11 is 8.01. The van der Waals surface area contributed by atoms with E-state index in [4.69, 9.17) is 16.3 Å². The monoisotopic (exact) mass is 634 g/mol. The summed E-state index contributed by atoms with van der Waals surface area (Å²) in [6.45, 7) is 1.65. The Balaban J connectivity index is 1.35. The summed E-state index contributed by atoms with van der Waals surface area (Å²) in [5, 5.41) is 2.90. The Hall–Kier alpha value is -4.26. The van der Waals surface area contributed by atoms with Gasteiger partial charge in [0.1, 0.15) is 11.8 Å². The molecule has 1 N–H and O–H groups in total. The Labute approximate surface area is 258 Å². The number of carbonyl (C=O) groups excluding carboxylic acids is 4. The van der Waals surface area contributed by atoms with E-state index in [-0.39, 0.29) is 18.0 Å². The smallest absolute Gasteiger partial charge is 0.338 e. The van der Waals surface area contributed by atoms with Crippen LogP contribution in [0, 0.1) is 5.92 Å². The van der Waals surface area contributed by atoms with E-state index in [2.05, 4.69) is 10.3 Å². The molecule has 1 saturated heterocycles. The van der Waals surface area contributed by atoms with Gasteiger partial charge in [0.2, 0.25) is 17.7 Å². The Morgan fingerprint density at radius 1 is 1.02 bits per heavy atom. The number of rotatable bonds is 7. The molecule has 2 aliphatic heterocycles. The number of nitrogens with zero attached hydrogens (tertiary/aromatic N) is 3. The highest BCUT2D eigenvalue weighted by molar-refractivity contribution is 8.00. The van der Waals surface area contributed by atoms with Crippen molar-refractivity contribution in [1.29, 1.82) is 0 Å². The van der Waals surface area contributed by atoms with Crippen LogP contribution in [0.5, 0.6) is 0 Å². The third-order valence-corrected chi connectivity index (χ3v) is 10.0. The molecule has 0 bridgehead atoms. The maximum absolute atomic E-state index is 14.0. The maximum Gasteiger partial charge on any atom is 0.338 e. The van der Waals surface area contributed by atoms with E-state index in [1.165, 1.54) is 28.8 Å². The molecule has 2 aromatic heterocycles. The van der Waals surface area contributed by atoms with Crippen molar-refractivity contribution in [2.45, 2.75) is 29.7 Å². The molecular formula is C30H23ClN4O6S2. The lowest BCUT2D eigenvalue weighted by Crippen LogP contribution is -2.33. The number of pyridine rings is 1. The van der Waals surface area contributed by atoms with Gasteiger partial charge in [-0.1, -0.05) is 40.8 Å². The molecule has 3 amide bonds. The number of halogens is 1. The zero-order valence-electron chi connectivity index (χ0n) is 22.6. The minimum absolute atomic E-state index is 0.220. The molecule has 2 aliphatic rings.